The lowest BCUT2D eigenvalue weighted by atomic mass is 10.1. The fourth-order valence-electron chi connectivity index (χ4n) is 1.27. The van der Waals surface area contributed by atoms with Crippen LogP contribution in [0.25, 0.3) is 0 Å². The fourth-order valence-corrected chi connectivity index (χ4v) is 1.27. The molecule has 3 heteroatoms. The second kappa shape index (κ2) is 1.61. The summed E-state index contributed by atoms with van der Waals surface area (Å²) in [6, 6.07) is 0. The van der Waals surface area contributed by atoms with E-state index in [0.717, 1.165) is 5.69 Å². The Morgan fingerprint density at radius 3 is 3.20 bits per heavy atom. The molecule has 0 aromatic carbocycles. The molecule has 2 rings (SSSR count). The van der Waals surface area contributed by atoms with Crippen molar-refractivity contribution in [1.82, 2.24) is 10.2 Å². The highest BCUT2D eigenvalue weighted by molar-refractivity contribution is 5.24. The van der Waals surface area contributed by atoms with Crippen LogP contribution in [0.4, 0.5) is 0 Å². The van der Waals surface area contributed by atoms with Gasteiger partial charge >= 0.3 is 0 Å². The smallest absolute Gasteiger partial charge is 0.105 e. The molecule has 0 saturated carbocycles. The topological polar surface area (TPSA) is 37.9 Å². The van der Waals surface area contributed by atoms with Gasteiger partial charge in [-0.05, 0) is 13.8 Å². The number of aromatic amines is 1. The van der Waals surface area contributed by atoms with E-state index < -0.39 is 0 Å². The van der Waals surface area contributed by atoms with Gasteiger partial charge in [0, 0.05) is 5.56 Å². The van der Waals surface area contributed by atoms with Gasteiger partial charge in [0.1, 0.15) is 5.60 Å². The molecule has 1 aromatic heterocycles. The summed E-state index contributed by atoms with van der Waals surface area (Å²) in [7, 11) is 0. The normalized spacial score (nSPS) is 21.0. The third-order valence-corrected chi connectivity index (χ3v) is 1.91. The Labute approximate surface area is 59.4 Å². The number of H-pyrrole nitrogens is 1. The van der Waals surface area contributed by atoms with Gasteiger partial charge in [-0.25, -0.2) is 0 Å². The largest absolute Gasteiger partial charge is 0.364 e. The summed E-state index contributed by atoms with van der Waals surface area (Å²) in [6.07, 6.45) is 1.82. The lowest BCUT2D eigenvalue weighted by molar-refractivity contribution is -0.0112. The van der Waals surface area contributed by atoms with E-state index in [4.69, 9.17) is 4.74 Å². The summed E-state index contributed by atoms with van der Waals surface area (Å²) in [4.78, 5) is 0. The van der Waals surface area contributed by atoms with Crippen LogP contribution in [0.3, 0.4) is 0 Å². The third kappa shape index (κ3) is 0.609. The third-order valence-electron chi connectivity index (χ3n) is 1.91. The summed E-state index contributed by atoms with van der Waals surface area (Å²) in [5.74, 6) is 0. The lowest BCUT2D eigenvalue weighted by Crippen LogP contribution is -2.15. The van der Waals surface area contributed by atoms with E-state index in [-0.39, 0.29) is 5.60 Å². The van der Waals surface area contributed by atoms with E-state index in [0.29, 0.717) is 6.61 Å². The molecule has 0 amide bonds. The van der Waals surface area contributed by atoms with Crippen molar-refractivity contribution in [2.24, 2.45) is 0 Å². The first-order valence-electron chi connectivity index (χ1n) is 3.37. The Bertz CT molecular complexity index is 252. The molecular weight excluding hydrogens is 128 g/mol. The van der Waals surface area contributed by atoms with Crippen molar-refractivity contribution >= 4 is 0 Å². The van der Waals surface area contributed by atoms with Crippen molar-refractivity contribution in [2.75, 3.05) is 0 Å². The number of rotatable bonds is 0. The number of hydrogen-bond acceptors (Lipinski definition) is 2. The summed E-state index contributed by atoms with van der Waals surface area (Å²) < 4.78 is 5.48. The van der Waals surface area contributed by atoms with E-state index in [1.807, 2.05) is 20.0 Å². The molecule has 2 heterocycles. The second-order valence-electron chi connectivity index (χ2n) is 3.07. The van der Waals surface area contributed by atoms with Gasteiger partial charge in [-0.15, -0.1) is 0 Å². The molecule has 0 aliphatic carbocycles. The van der Waals surface area contributed by atoms with Crippen LogP contribution in [0.15, 0.2) is 6.20 Å². The zero-order chi connectivity index (χ0) is 7.19. The van der Waals surface area contributed by atoms with E-state index in [2.05, 4.69) is 10.2 Å². The Kier molecular flexibility index (Phi) is 0.951. The highest BCUT2D eigenvalue weighted by Gasteiger charge is 2.32. The average molecular weight is 138 g/mol. The van der Waals surface area contributed by atoms with Gasteiger partial charge in [-0.3, -0.25) is 5.10 Å². The van der Waals surface area contributed by atoms with Crippen molar-refractivity contribution in [3.05, 3.63) is 17.5 Å². The molecule has 0 unspecified atom stereocenters. The van der Waals surface area contributed by atoms with Crippen molar-refractivity contribution in [1.29, 1.82) is 0 Å². The number of nitrogens with one attached hydrogen (secondary N) is 1. The molecule has 0 atom stereocenters. The van der Waals surface area contributed by atoms with Crippen molar-refractivity contribution < 1.29 is 4.74 Å². The van der Waals surface area contributed by atoms with Gasteiger partial charge < -0.3 is 4.74 Å². The summed E-state index contributed by atoms with van der Waals surface area (Å²) in [5, 5.41) is 6.87. The van der Waals surface area contributed by atoms with E-state index in [1.54, 1.807) is 0 Å². The SMILES string of the molecule is CC1(C)OCc2cn[nH]c21. The molecule has 1 aliphatic heterocycles. The van der Waals surface area contributed by atoms with E-state index in [1.165, 1.54) is 5.56 Å². The average Bonchev–Trinajstić information content (AvgIpc) is 2.36. The number of aromatic nitrogens is 2. The molecule has 10 heavy (non-hydrogen) atoms. The van der Waals surface area contributed by atoms with Crippen molar-refractivity contribution in [2.45, 2.75) is 26.1 Å². The molecule has 3 nitrogen and oxygen atoms in total. The van der Waals surface area contributed by atoms with Gasteiger partial charge in [-0.2, -0.15) is 5.10 Å². The first-order chi connectivity index (χ1) is 4.70. The highest BCUT2D eigenvalue weighted by Crippen LogP contribution is 2.33. The Morgan fingerprint density at radius 1 is 1.70 bits per heavy atom. The standard InChI is InChI=1S/C7H10N2O/c1-7(2)6-5(4-10-7)3-8-9-6/h3H,4H2,1-2H3,(H,8,9). The van der Waals surface area contributed by atoms with Crippen molar-refractivity contribution in [3.63, 3.8) is 0 Å². The van der Waals surface area contributed by atoms with Crippen LogP contribution < -0.4 is 0 Å². The molecule has 0 saturated heterocycles. The Hall–Kier alpha value is -0.830. The van der Waals surface area contributed by atoms with Crippen LogP contribution in [-0.4, -0.2) is 10.2 Å². The Balaban J connectivity index is 2.54. The summed E-state index contributed by atoms with van der Waals surface area (Å²) in [6.45, 7) is 4.77. The molecule has 1 N–H and O–H groups in total. The Morgan fingerprint density at radius 2 is 2.50 bits per heavy atom. The predicted molar refractivity (Wildman–Crippen MR) is 36.4 cm³/mol. The van der Waals surface area contributed by atoms with E-state index >= 15 is 0 Å². The summed E-state index contributed by atoms with van der Waals surface area (Å²) in [5.41, 5.74) is 2.14. The number of hydrogen-bond donors (Lipinski definition) is 1. The minimum atomic E-state index is -0.161. The number of fused-ring (bicyclic) bond motifs is 1. The minimum absolute atomic E-state index is 0.161. The molecule has 0 spiro atoms. The fraction of sp³-hybridized carbons (Fsp3) is 0.571. The molecule has 54 valence electrons. The highest BCUT2D eigenvalue weighted by atomic mass is 16.5. The molecule has 1 aromatic rings. The van der Waals surface area contributed by atoms with Gasteiger partial charge in [0.05, 0.1) is 18.5 Å². The quantitative estimate of drug-likeness (QED) is 0.584. The van der Waals surface area contributed by atoms with Gasteiger partial charge in [-0.1, -0.05) is 0 Å². The van der Waals surface area contributed by atoms with Crippen LogP contribution in [-0.2, 0) is 16.9 Å². The maximum atomic E-state index is 5.48. The maximum absolute atomic E-state index is 5.48. The van der Waals surface area contributed by atoms with Gasteiger partial charge in [0.2, 0.25) is 0 Å². The lowest BCUT2D eigenvalue weighted by Gasteiger charge is -2.15. The van der Waals surface area contributed by atoms with Crippen LogP contribution in [0.5, 0.6) is 0 Å². The number of ether oxygens (including phenoxy) is 1. The predicted octanol–water partition coefficient (Wildman–Crippen LogP) is 1.18. The first-order valence-corrected chi connectivity index (χ1v) is 3.37. The van der Waals surface area contributed by atoms with Crippen LogP contribution in [0, 0.1) is 0 Å². The zero-order valence-corrected chi connectivity index (χ0v) is 6.14. The maximum Gasteiger partial charge on any atom is 0.105 e. The second-order valence-corrected chi connectivity index (χ2v) is 3.07. The molecule has 0 fully saturated rings. The molecular formula is C7H10N2O. The van der Waals surface area contributed by atoms with Crippen LogP contribution in [0.1, 0.15) is 25.1 Å². The van der Waals surface area contributed by atoms with E-state index in [9.17, 15) is 0 Å². The number of nitrogens with zero attached hydrogens (tertiary/aromatic N) is 1. The molecule has 0 bridgehead atoms. The van der Waals surface area contributed by atoms with Crippen LogP contribution in [0.2, 0.25) is 0 Å². The monoisotopic (exact) mass is 138 g/mol. The summed E-state index contributed by atoms with van der Waals surface area (Å²) >= 11 is 0. The van der Waals surface area contributed by atoms with Gasteiger partial charge in [0.15, 0.2) is 0 Å². The molecule has 0 radical (unpaired) electrons. The minimum Gasteiger partial charge on any atom is -0.364 e. The van der Waals surface area contributed by atoms with Crippen molar-refractivity contribution in [3.8, 4) is 0 Å². The molecule has 1 aliphatic rings. The van der Waals surface area contributed by atoms with Gasteiger partial charge in [0.25, 0.3) is 0 Å². The van der Waals surface area contributed by atoms with Crippen LogP contribution >= 0.6 is 0 Å². The zero-order valence-electron chi connectivity index (χ0n) is 6.14. The first kappa shape index (κ1) is 5.92.